The number of likely N-dealkylation sites (tertiary alicyclic amines) is 1. The maximum absolute atomic E-state index is 14.3. The molecule has 238 valence electrons. The number of pyridine rings is 1. The van der Waals surface area contributed by atoms with Crippen molar-refractivity contribution in [3.63, 3.8) is 0 Å². The zero-order valence-electron chi connectivity index (χ0n) is 23.8. The van der Waals surface area contributed by atoms with Gasteiger partial charge in [0.2, 0.25) is 0 Å². The van der Waals surface area contributed by atoms with E-state index in [1.54, 1.807) is 0 Å². The van der Waals surface area contributed by atoms with Gasteiger partial charge in [0.1, 0.15) is 23.7 Å². The van der Waals surface area contributed by atoms with Gasteiger partial charge in [0.15, 0.2) is 11.5 Å². The van der Waals surface area contributed by atoms with Crippen LogP contribution in [-0.2, 0) is 12.8 Å². The number of alkyl halides is 6. The highest BCUT2D eigenvalue weighted by Gasteiger charge is 2.41. The van der Waals surface area contributed by atoms with E-state index in [9.17, 15) is 40.6 Å². The van der Waals surface area contributed by atoms with E-state index in [0.29, 0.717) is 36.8 Å². The lowest BCUT2D eigenvalue weighted by atomic mass is 9.88. The molecule has 1 aliphatic rings. The van der Waals surface area contributed by atoms with Gasteiger partial charge >= 0.3 is 18.3 Å². The van der Waals surface area contributed by atoms with Crippen molar-refractivity contribution >= 4 is 5.97 Å². The summed E-state index contributed by atoms with van der Waals surface area (Å²) in [6.45, 7) is 1.67. The van der Waals surface area contributed by atoms with Gasteiger partial charge in [0.05, 0.1) is 18.4 Å². The molecule has 0 bridgehead atoms. The Morgan fingerprint density at radius 3 is 2.40 bits per heavy atom. The number of carboxylic acid groups (broad SMARTS) is 1. The van der Waals surface area contributed by atoms with Crippen LogP contribution in [-0.4, -0.2) is 56.6 Å². The first kappa shape index (κ1) is 31.9. The van der Waals surface area contributed by atoms with Gasteiger partial charge in [-0.25, -0.2) is 18.9 Å². The molecule has 0 unspecified atom stereocenters. The first-order valence-corrected chi connectivity index (χ1v) is 13.9. The fourth-order valence-electron chi connectivity index (χ4n) is 5.44. The van der Waals surface area contributed by atoms with Gasteiger partial charge in [0.25, 0.3) is 0 Å². The van der Waals surface area contributed by atoms with Crippen LogP contribution in [0.1, 0.15) is 51.5 Å². The Labute approximate surface area is 252 Å². The van der Waals surface area contributed by atoms with E-state index < -0.39 is 41.9 Å². The molecule has 1 aliphatic heterocycles. The minimum absolute atomic E-state index is 0.0195. The van der Waals surface area contributed by atoms with Crippen molar-refractivity contribution in [2.24, 2.45) is 0 Å². The van der Waals surface area contributed by atoms with E-state index in [1.807, 2.05) is 25.1 Å². The Balaban J connectivity index is 1.35. The molecule has 0 atom stereocenters. The van der Waals surface area contributed by atoms with Crippen LogP contribution in [0.15, 0.2) is 60.8 Å². The molecule has 2 aromatic carbocycles. The molecular weight excluding hydrogens is 609 g/mol. The molecule has 4 aromatic rings. The molecule has 0 spiro atoms. The molecule has 14 heteroatoms. The highest BCUT2D eigenvalue weighted by Crippen LogP contribution is 2.36. The van der Waals surface area contributed by atoms with E-state index in [0.717, 1.165) is 28.8 Å². The van der Waals surface area contributed by atoms with E-state index in [1.165, 1.54) is 29.2 Å². The van der Waals surface area contributed by atoms with Crippen molar-refractivity contribution < 1.29 is 45.4 Å². The van der Waals surface area contributed by atoms with Gasteiger partial charge < -0.3 is 9.84 Å². The minimum atomic E-state index is -5.04. The van der Waals surface area contributed by atoms with Gasteiger partial charge in [-0.05, 0) is 79.7 Å². The zero-order valence-corrected chi connectivity index (χ0v) is 23.8. The number of halogens is 7. The third-order valence-corrected chi connectivity index (χ3v) is 7.65. The second-order valence-electron chi connectivity index (χ2n) is 10.8. The molecule has 0 amide bonds. The summed E-state index contributed by atoms with van der Waals surface area (Å²) in [6.07, 6.45) is -7.47. The molecule has 0 aliphatic carbocycles. The monoisotopic (exact) mass is 636 g/mol. The van der Waals surface area contributed by atoms with Crippen molar-refractivity contribution in [3.05, 3.63) is 94.6 Å². The molecule has 0 radical (unpaired) electrons. The molecule has 2 aromatic heterocycles. The highest BCUT2D eigenvalue weighted by atomic mass is 19.4. The van der Waals surface area contributed by atoms with Crippen LogP contribution in [0, 0.1) is 12.7 Å². The molecular formula is C31H27F7N4O3. The fraction of sp³-hybridized carbons (Fsp3) is 0.323. The Morgan fingerprint density at radius 2 is 1.76 bits per heavy atom. The van der Waals surface area contributed by atoms with Crippen LogP contribution in [0.2, 0.25) is 0 Å². The maximum atomic E-state index is 14.3. The standard InChI is InChI=1S/C31H27F7N4O3/c1-18-13-20(19-9-11-41(12-10-19)17-30(33,34)35)5-6-21(18)16-45-26-14-22(32)7-8-23(26)25-3-2-4-27(40-25)42-28(31(36,37)38)24(15-39-42)29(43)44/h2-8,13-15,19H,9-12,16-17H2,1H3,(H,43,44). The molecule has 7 nitrogen and oxygen atoms in total. The number of carbonyl (C=O) groups is 1. The number of benzene rings is 2. The topological polar surface area (TPSA) is 80.5 Å². The third kappa shape index (κ3) is 7.44. The third-order valence-electron chi connectivity index (χ3n) is 7.65. The Hall–Kier alpha value is -4.46. The molecule has 5 rings (SSSR count). The van der Waals surface area contributed by atoms with Crippen LogP contribution in [0.5, 0.6) is 5.75 Å². The number of ether oxygens (including phenoxy) is 1. The summed E-state index contributed by atoms with van der Waals surface area (Å²) >= 11 is 0. The number of rotatable bonds is 8. The van der Waals surface area contributed by atoms with Crippen LogP contribution in [0.25, 0.3) is 17.1 Å². The maximum Gasteiger partial charge on any atom is 0.434 e. The summed E-state index contributed by atoms with van der Waals surface area (Å²) in [5.74, 6) is -2.53. The molecule has 1 N–H and O–H groups in total. The molecule has 1 fully saturated rings. The lowest BCUT2D eigenvalue weighted by molar-refractivity contribution is -0.148. The van der Waals surface area contributed by atoms with Crippen molar-refractivity contribution in [2.45, 2.75) is 44.6 Å². The molecule has 0 saturated carbocycles. The van der Waals surface area contributed by atoms with Gasteiger partial charge in [-0.3, -0.25) is 4.90 Å². The van der Waals surface area contributed by atoms with Crippen molar-refractivity contribution in [2.75, 3.05) is 19.6 Å². The average Bonchev–Trinajstić information content (AvgIpc) is 3.43. The van der Waals surface area contributed by atoms with E-state index in [2.05, 4.69) is 10.1 Å². The van der Waals surface area contributed by atoms with Crippen molar-refractivity contribution in [3.8, 4) is 22.8 Å². The normalized spacial score (nSPS) is 14.9. The minimum Gasteiger partial charge on any atom is -0.488 e. The molecule has 3 heterocycles. The largest absolute Gasteiger partial charge is 0.488 e. The second kappa shape index (κ2) is 12.5. The number of piperidine rings is 1. The Kier molecular flexibility index (Phi) is 8.88. The van der Waals surface area contributed by atoms with Crippen LogP contribution in [0.4, 0.5) is 30.7 Å². The quantitative estimate of drug-likeness (QED) is 0.203. The van der Waals surface area contributed by atoms with E-state index in [4.69, 9.17) is 4.74 Å². The van der Waals surface area contributed by atoms with Crippen molar-refractivity contribution in [1.29, 1.82) is 0 Å². The smallest absolute Gasteiger partial charge is 0.434 e. The molecule has 1 saturated heterocycles. The summed E-state index contributed by atoms with van der Waals surface area (Å²) in [7, 11) is 0. The average molecular weight is 637 g/mol. The Bertz CT molecular complexity index is 1690. The van der Waals surface area contributed by atoms with E-state index >= 15 is 0 Å². The van der Waals surface area contributed by atoms with Crippen LogP contribution in [0.3, 0.4) is 0 Å². The van der Waals surface area contributed by atoms with Gasteiger partial charge in [0, 0.05) is 11.6 Å². The SMILES string of the molecule is Cc1cc(C2CCN(CC(F)(F)F)CC2)ccc1COc1cc(F)ccc1-c1cccc(-n2ncc(C(=O)O)c2C(F)(F)F)n1. The first-order chi connectivity index (χ1) is 21.2. The predicted molar refractivity (Wildman–Crippen MR) is 149 cm³/mol. The second-order valence-corrected chi connectivity index (χ2v) is 10.8. The van der Waals surface area contributed by atoms with Gasteiger partial charge in [-0.15, -0.1) is 0 Å². The number of aromatic nitrogens is 3. The lowest BCUT2D eigenvalue weighted by Gasteiger charge is -2.32. The highest BCUT2D eigenvalue weighted by molar-refractivity contribution is 5.89. The van der Waals surface area contributed by atoms with Gasteiger partial charge in [-0.1, -0.05) is 24.3 Å². The lowest BCUT2D eigenvalue weighted by Crippen LogP contribution is -2.39. The zero-order chi connectivity index (χ0) is 32.5. The first-order valence-electron chi connectivity index (χ1n) is 13.9. The summed E-state index contributed by atoms with van der Waals surface area (Å²) in [5.41, 5.74) is 0.533. The summed E-state index contributed by atoms with van der Waals surface area (Å²) in [6, 6.07) is 13.5. The number of hydrogen-bond donors (Lipinski definition) is 1. The fourth-order valence-corrected chi connectivity index (χ4v) is 5.44. The van der Waals surface area contributed by atoms with E-state index in [-0.39, 0.29) is 35.3 Å². The summed E-state index contributed by atoms with van der Waals surface area (Å²) < 4.78 is 100. The van der Waals surface area contributed by atoms with Crippen molar-refractivity contribution in [1.82, 2.24) is 19.7 Å². The number of aryl methyl sites for hydroxylation is 1. The summed E-state index contributed by atoms with van der Waals surface area (Å²) in [4.78, 5) is 17.0. The van der Waals surface area contributed by atoms with Crippen LogP contribution >= 0.6 is 0 Å². The summed E-state index contributed by atoms with van der Waals surface area (Å²) in [5, 5.41) is 12.8. The number of aromatic carboxylic acids is 1. The number of hydrogen-bond acceptors (Lipinski definition) is 5. The number of nitrogens with zero attached hydrogens (tertiary/aromatic N) is 4. The Morgan fingerprint density at radius 1 is 1.02 bits per heavy atom. The number of carboxylic acids is 1. The molecule has 45 heavy (non-hydrogen) atoms. The predicted octanol–water partition coefficient (Wildman–Crippen LogP) is 7.42. The van der Waals surface area contributed by atoms with Gasteiger partial charge in [-0.2, -0.15) is 31.4 Å². The van der Waals surface area contributed by atoms with Crippen LogP contribution < -0.4 is 4.74 Å².